The van der Waals surface area contributed by atoms with Crippen LogP contribution in [-0.2, 0) is 16.4 Å². The molecule has 2 rings (SSSR count). The van der Waals surface area contributed by atoms with Gasteiger partial charge in [-0.05, 0) is 49.6 Å². The number of nitrogens with zero attached hydrogens (tertiary/aromatic N) is 1. The average Bonchev–Trinajstić information content (AvgIpc) is 2.66. The van der Waals surface area contributed by atoms with Gasteiger partial charge in [-0.15, -0.1) is 24.0 Å². The Morgan fingerprint density at radius 1 is 1.11 bits per heavy atom. The summed E-state index contributed by atoms with van der Waals surface area (Å²) in [5.41, 5.74) is 1.38. The summed E-state index contributed by atoms with van der Waals surface area (Å²) >= 11 is 0. The highest BCUT2D eigenvalue weighted by molar-refractivity contribution is 14.0. The zero-order valence-electron chi connectivity index (χ0n) is 16.1. The van der Waals surface area contributed by atoms with Crippen molar-refractivity contribution >= 4 is 39.8 Å². The Morgan fingerprint density at radius 3 is 2.46 bits per heavy atom. The number of rotatable bonds is 8. The second-order valence-electron chi connectivity index (χ2n) is 6.19. The van der Waals surface area contributed by atoms with Crippen LogP contribution in [0.5, 0.6) is 0 Å². The van der Waals surface area contributed by atoms with Crippen molar-refractivity contribution in [2.24, 2.45) is 4.99 Å². The fraction of sp³-hybridized carbons (Fsp3) is 0.350. The van der Waals surface area contributed by atoms with Crippen molar-refractivity contribution in [1.29, 1.82) is 0 Å². The van der Waals surface area contributed by atoms with E-state index in [0.29, 0.717) is 42.5 Å². The van der Waals surface area contributed by atoms with E-state index in [9.17, 15) is 12.8 Å². The first-order valence-corrected chi connectivity index (χ1v) is 10.6. The molecule has 2 N–H and O–H groups in total. The van der Waals surface area contributed by atoms with Crippen LogP contribution in [0.1, 0.15) is 24.5 Å². The maximum atomic E-state index is 13.6. The molecule has 0 saturated carbocycles. The van der Waals surface area contributed by atoms with E-state index in [2.05, 4.69) is 15.6 Å². The number of hydrogen-bond donors (Lipinski definition) is 2. The quantitative estimate of drug-likeness (QED) is 0.242. The van der Waals surface area contributed by atoms with Crippen molar-refractivity contribution < 1.29 is 12.8 Å². The summed E-state index contributed by atoms with van der Waals surface area (Å²) in [5, 5.41) is 6.23. The van der Waals surface area contributed by atoms with Gasteiger partial charge in [0.1, 0.15) is 5.82 Å². The monoisotopic (exact) mass is 519 g/mol. The van der Waals surface area contributed by atoms with Crippen molar-refractivity contribution in [1.82, 2.24) is 10.6 Å². The minimum absolute atomic E-state index is 0. The Morgan fingerprint density at radius 2 is 1.82 bits per heavy atom. The van der Waals surface area contributed by atoms with Gasteiger partial charge in [-0.3, -0.25) is 0 Å². The lowest BCUT2D eigenvalue weighted by Gasteiger charge is -2.11. The van der Waals surface area contributed by atoms with Crippen LogP contribution in [0.25, 0.3) is 0 Å². The number of hydrogen-bond acceptors (Lipinski definition) is 3. The van der Waals surface area contributed by atoms with Crippen molar-refractivity contribution in [3.05, 3.63) is 65.5 Å². The fourth-order valence-corrected chi connectivity index (χ4v) is 3.79. The molecule has 0 radical (unpaired) electrons. The first-order chi connectivity index (χ1) is 12.9. The minimum atomic E-state index is -3.28. The first kappa shape index (κ1) is 24.4. The molecule has 0 aliphatic carbocycles. The normalized spacial score (nSPS) is 11.6. The Balaban J connectivity index is 0.00000392. The molecular formula is C20H27FIN3O2S. The number of benzene rings is 2. The van der Waals surface area contributed by atoms with E-state index in [0.717, 1.165) is 5.56 Å². The zero-order chi connectivity index (χ0) is 19.7. The van der Waals surface area contributed by atoms with E-state index in [4.69, 9.17) is 0 Å². The molecule has 0 aliphatic heterocycles. The zero-order valence-corrected chi connectivity index (χ0v) is 19.3. The number of halogens is 2. The SMILES string of the molecule is CCNC(=NCc1ccc(C)c(F)c1)NCCCS(=O)(=O)c1ccccc1.I. The maximum Gasteiger partial charge on any atom is 0.191 e. The Bertz CT molecular complexity index is 874. The third-order valence-electron chi connectivity index (χ3n) is 3.98. The van der Waals surface area contributed by atoms with Gasteiger partial charge >= 0.3 is 0 Å². The predicted octanol–water partition coefficient (Wildman–Crippen LogP) is 3.67. The topological polar surface area (TPSA) is 70.6 Å². The Kier molecular flexibility index (Phi) is 10.4. The van der Waals surface area contributed by atoms with Crippen molar-refractivity contribution in [2.45, 2.75) is 31.7 Å². The van der Waals surface area contributed by atoms with E-state index in [1.54, 1.807) is 43.3 Å². The molecule has 0 amide bonds. The largest absolute Gasteiger partial charge is 0.357 e. The Hall–Kier alpha value is -1.68. The summed E-state index contributed by atoms with van der Waals surface area (Å²) in [4.78, 5) is 4.76. The third-order valence-corrected chi connectivity index (χ3v) is 5.80. The molecular weight excluding hydrogens is 492 g/mol. The molecule has 8 heteroatoms. The standard InChI is InChI=1S/C20H26FN3O2S.HI/c1-3-22-20(24-15-17-11-10-16(2)19(21)14-17)23-12-7-13-27(25,26)18-8-5-4-6-9-18;/h4-6,8-11,14H,3,7,12-13,15H2,1-2H3,(H2,22,23,24);1H. The molecule has 0 unspecified atom stereocenters. The molecule has 0 bridgehead atoms. The molecule has 5 nitrogen and oxygen atoms in total. The summed E-state index contributed by atoms with van der Waals surface area (Å²) < 4.78 is 38.1. The summed E-state index contributed by atoms with van der Waals surface area (Å²) in [6, 6.07) is 13.5. The smallest absolute Gasteiger partial charge is 0.191 e. The van der Waals surface area contributed by atoms with Gasteiger partial charge in [0, 0.05) is 13.1 Å². The van der Waals surface area contributed by atoms with Gasteiger partial charge in [0.15, 0.2) is 15.8 Å². The van der Waals surface area contributed by atoms with Gasteiger partial charge in [-0.1, -0.05) is 30.3 Å². The van der Waals surface area contributed by atoms with Crippen molar-refractivity contribution in [3.8, 4) is 0 Å². The molecule has 0 spiro atoms. The summed E-state index contributed by atoms with van der Waals surface area (Å²) in [7, 11) is -3.28. The van der Waals surface area contributed by atoms with Gasteiger partial charge in [-0.25, -0.2) is 17.8 Å². The van der Waals surface area contributed by atoms with Gasteiger partial charge in [0.05, 0.1) is 17.2 Å². The molecule has 154 valence electrons. The molecule has 0 fully saturated rings. The van der Waals surface area contributed by atoms with E-state index >= 15 is 0 Å². The van der Waals surface area contributed by atoms with Crippen LogP contribution in [0.2, 0.25) is 0 Å². The van der Waals surface area contributed by atoms with Crippen LogP contribution in [0.15, 0.2) is 58.4 Å². The Labute approximate surface area is 183 Å². The van der Waals surface area contributed by atoms with Crippen LogP contribution in [0, 0.1) is 12.7 Å². The van der Waals surface area contributed by atoms with Crippen LogP contribution >= 0.6 is 24.0 Å². The van der Waals surface area contributed by atoms with Gasteiger partial charge < -0.3 is 10.6 Å². The molecule has 2 aromatic rings. The highest BCUT2D eigenvalue weighted by Crippen LogP contribution is 2.11. The molecule has 0 atom stereocenters. The summed E-state index contributed by atoms with van der Waals surface area (Å²) in [5.74, 6) is 0.398. The lowest BCUT2D eigenvalue weighted by Crippen LogP contribution is -2.38. The number of aryl methyl sites for hydroxylation is 1. The van der Waals surface area contributed by atoms with Crippen molar-refractivity contribution in [2.75, 3.05) is 18.8 Å². The van der Waals surface area contributed by atoms with Gasteiger partial charge in [0.2, 0.25) is 0 Å². The number of aliphatic imine (C=N–C) groups is 1. The van der Waals surface area contributed by atoms with E-state index < -0.39 is 9.84 Å². The van der Waals surface area contributed by atoms with Crippen molar-refractivity contribution in [3.63, 3.8) is 0 Å². The highest BCUT2D eigenvalue weighted by atomic mass is 127. The molecule has 0 heterocycles. The summed E-state index contributed by atoms with van der Waals surface area (Å²) in [6.07, 6.45) is 0.459. The lowest BCUT2D eigenvalue weighted by atomic mass is 10.1. The van der Waals surface area contributed by atoms with Crippen LogP contribution in [0.4, 0.5) is 4.39 Å². The predicted molar refractivity (Wildman–Crippen MR) is 122 cm³/mol. The fourth-order valence-electron chi connectivity index (χ4n) is 2.46. The lowest BCUT2D eigenvalue weighted by molar-refractivity contribution is 0.592. The van der Waals surface area contributed by atoms with Crippen LogP contribution in [-0.4, -0.2) is 33.2 Å². The molecule has 0 aromatic heterocycles. The molecule has 2 aromatic carbocycles. The molecule has 0 saturated heterocycles. The third kappa shape index (κ3) is 7.75. The van der Waals surface area contributed by atoms with E-state index in [1.807, 2.05) is 13.0 Å². The van der Waals surface area contributed by atoms with E-state index in [-0.39, 0.29) is 35.5 Å². The number of guanidine groups is 1. The molecule has 28 heavy (non-hydrogen) atoms. The average molecular weight is 519 g/mol. The van der Waals surface area contributed by atoms with Crippen LogP contribution < -0.4 is 10.6 Å². The minimum Gasteiger partial charge on any atom is -0.357 e. The second-order valence-corrected chi connectivity index (χ2v) is 8.30. The molecule has 0 aliphatic rings. The number of nitrogens with one attached hydrogen (secondary N) is 2. The van der Waals surface area contributed by atoms with Crippen LogP contribution in [0.3, 0.4) is 0 Å². The van der Waals surface area contributed by atoms with E-state index in [1.165, 1.54) is 6.07 Å². The first-order valence-electron chi connectivity index (χ1n) is 8.97. The van der Waals surface area contributed by atoms with Gasteiger partial charge in [-0.2, -0.15) is 0 Å². The van der Waals surface area contributed by atoms with Gasteiger partial charge in [0.25, 0.3) is 0 Å². The second kappa shape index (κ2) is 12.0. The maximum absolute atomic E-state index is 13.6. The number of sulfone groups is 1. The highest BCUT2D eigenvalue weighted by Gasteiger charge is 2.13. The summed E-state index contributed by atoms with van der Waals surface area (Å²) in [6.45, 7) is 5.16.